The van der Waals surface area contributed by atoms with E-state index in [-0.39, 0.29) is 0 Å². The van der Waals surface area contributed by atoms with Crippen molar-refractivity contribution in [1.29, 1.82) is 0 Å². The molecule has 0 aliphatic rings. The van der Waals surface area contributed by atoms with Crippen LogP contribution < -0.4 is 5.11 Å². The third-order valence-corrected chi connectivity index (χ3v) is 1.44. The van der Waals surface area contributed by atoms with E-state index in [1.165, 1.54) is 0 Å². The number of halogens is 8. The fourth-order valence-corrected chi connectivity index (χ4v) is 0.753. The van der Waals surface area contributed by atoms with Crippen LogP contribution in [0.15, 0.2) is 0 Å². The quantitative estimate of drug-likeness (QED) is 0.583. The van der Waals surface area contributed by atoms with Crippen molar-refractivity contribution in [2.24, 2.45) is 0 Å². The molecule has 0 aliphatic carbocycles. The molecular formula is C6H3F8O3-. The van der Waals surface area contributed by atoms with E-state index < -0.39 is 37.0 Å². The third-order valence-electron chi connectivity index (χ3n) is 1.44. The number of rotatable bonds is 3. The summed E-state index contributed by atoms with van der Waals surface area (Å²) in [6, 6.07) is 0. The van der Waals surface area contributed by atoms with Gasteiger partial charge in [-0.3, -0.25) is 0 Å². The van der Waals surface area contributed by atoms with Crippen LogP contribution in [0.3, 0.4) is 0 Å². The average molecular weight is 275 g/mol. The highest BCUT2D eigenvalue weighted by Crippen LogP contribution is 2.42. The zero-order valence-corrected chi connectivity index (χ0v) is 7.53. The van der Waals surface area contributed by atoms with Crippen molar-refractivity contribution in [1.82, 2.24) is 0 Å². The van der Waals surface area contributed by atoms with Crippen molar-refractivity contribution in [3.8, 4) is 0 Å². The average Bonchev–Trinajstić information content (AvgIpc) is 1.96. The normalized spacial score (nSPS) is 15.5. The van der Waals surface area contributed by atoms with Gasteiger partial charge in [0, 0.05) is 0 Å². The summed E-state index contributed by atoms with van der Waals surface area (Å²) < 4.78 is 97.9. The molecule has 11 heteroatoms. The maximum atomic E-state index is 12.4. The summed E-state index contributed by atoms with van der Waals surface area (Å²) in [7, 11) is 0. The van der Waals surface area contributed by atoms with E-state index in [0.717, 1.165) is 0 Å². The van der Waals surface area contributed by atoms with Gasteiger partial charge in [-0.1, -0.05) is 0 Å². The first-order valence-electron chi connectivity index (χ1n) is 3.66. The number of ether oxygens (including phenoxy) is 1. The number of alkyl halides is 8. The molecule has 17 heavy (non-hydrogen) atoms. The van der Waals surface area contributed by atoms with Gasteiger partial charge in [0.2, 0.25) is 0 Å². The molecule has 0 heterocycles. The molecule has 1 atom stereocenters. The van der Waals surface area contributed by atoms with Crippen LogP contribution in [0, 0.1) is 0 Å². The Balaban J connectivity index is 5.11. The van der Waals surface area contributed by atoms with Crippen molar-refractivity contribution < 1.29 is 49.8 Å². The van der Waals surface area contributed by atoms with E-state index >= 15 is 0 Å². The molecule has 0 saturated carbocycles. The van der Waals surface area contributed by atoms with Crippen molar-refractivity contribution in [2.45, 2.75) is 30.8 Å². The standard InChI is InChI=1S/C6H4F8O3/c7-4(8,9)1-2(17-3(15)16)5(10,11)6(12,13)14/h2H,1H2,(H,15,16)/p-1. The van der Waals surface area contributed by atoms with E-state index in [2.05, 4.69) is 4.74 Å². The molecule has 0 amide bonds. The number of carbonyl (C=O) groups excluding carboxylic acids is 1. The van der Waals surface area contributed by atoms with Gasteiger partial charge < -0.3 is 14.6 Å². The van der Waals surface area contributed by atoms with E-state index in [1.54, 1.807) is 0 Å². The van der Waals surface area contributed by atoms with E-state index in [0.29, 0.717) is 0 Å². The van der Waals surface area contributed by atoms with Crippen LogP contribution >= 0.6 is 0 Å². The molecule has 0 rings (SSSR count). The van der Waals surface area contributed by atoms with Crippen molar-refractivity contribution in [2.75, 3.05) is 0 Å². The summed E-state index contributed by atoms with van der Waals surface area (Å²) in [6.45, 7) is 0. The molecule has 0 spiro atoms. The monoisotopic (exact) mass is 275 g/mol. The Morgan fingerprint density at radius 1 is 1.06 bits per heavy atom. The van der Waals surface area contributed by atoms with Gasteiger partial charge in [0.05, 0.1) is 6.42 Å². The maximum absolute atomic E-state index is 12.4. The molecule has 0 aromatic carbocycles. The summed E-state index contributed by atoms with van der Waals surface area (Å²) in [5.41, 5.74) is 0. The Morgan fingerprint density at radius 2 is 1.47 bits per heavy atom. The van der Waals surface area contributed by atoms with E-state index in [1.807, 2.05) is 0 Å². The third kappa shape index (κ3) is 4.61. The molecule has 0 aromatic heterocycles. The Kier molecular flexibility index (Phi) is 4.18. The van der Waals surface area contributed by atoms with Gasteiger partial charge in [0.1, 0.15) is 6.10 Å². The first-order chi connectivity index (χ1) is 7.27. The predicted molar refractivity (Wildman–Crippen MR) is 31.9 cm³/mol. The van der Waals surface area contributed by atoms with E-state index in [9.17, 15) is 45.0 Å². The van der Waals surface area contributed by atoms with Crippen molar-refractivity contribution in [3.63, 3.8) is 0 Å². The minimum Gasteiger partial charge on any atom is -0.539 e. The molecule has 0 saturated heterocycles. The SMILES string of the molecule is O=C([O-])OC(CC(F)(F)F)C(F)(F)C(F)(F)F. The number of hydrogen-bond acceptors (Lipinski definition) is 3. The summed E-state index contributed by atoms with van der Waals surface area (Å²) >= 11 is 0. The predicted octanol–water partition coefficient (Wildman–Crippen LogP) is 1.86. The van der Waals surface area contributed by atoms with Gasteiger partial charge in [-0.05, 0) is 0 Å². The van der Waals surface area contributed by atoms with Crippen LogP contribution in [0.4, 0.5) is 39.9 Å². The van der Waals surface area contributed by atoms with Crippen LogP contribution in [0.2, 0.25) is 0 Å². The topological polar surface area (TPSA) is 49.4 Å². The minimum absolute atomic E-state index is 2.78. The molecule has 102 valence electrons. The van der Waals surface area contributed by atoms with E-state index in [4.69, 9.17) is 0 Å². The molecule has 0 aromatic rings. The van der Waals surface area contributed by atoms with Gasteiger partial charge in [-0.2, -0.15) is 35.1 Å². The van der Waals surface area contributed by atoms with Crippen molar-refractivity contribution in [3.05, 3.63) is 0 Å². The lowest BCUT2D eigenvalue weighted by molar-refractivity contribution is -0.345. The largest absolute Gasteiger partial charge is 0.539 e. The van der Waals surface area contributed by atoms with Gasteiger partial charge in [0.25, 0.3) is 6.16 Å². The second-order valence-corrected chi connectivity index (χ2v) is 2.80. The lowest BCUT2D eigenvalue weighted by Gasteiger charge is -2.31. The van der Waals surface area contributed by atoms with Crippen LogP contribution in [0.1, 0.15) is 6.42 Å². The zero-order chi connectivity index (χ0) is 14.1. The number of carboxylic acid groups (broad SMARTS) is 1. The van der Waals surface area contributed by atoms with Crippen molar-refractivity contribution >= 4 is 6.16 Å². The first kappa shape index (κ1) is 15.7. The first-order valence-corrected chi connectivity index (χ1v) is 3.66. The van der Waals surface area contributed by atoms with Crippen LogP contribution in [-0.2, 0) is 4.74 Å². The second-order valence-electron chi connectivity index (χ2n) is 2.80. The highest BCUT2D eigenvalue weighted by atomic mass is 19.4. The Hall–Kier alpha value is -1.29. The Morgan fingerprint density at radius 3 is 1.71 bits per heavy atom. The summed E-state index contributed by atoms with van der Waals surface area (Å²) in [6.07, 6.45) is -21.5. The molecule has 0 N–H and O–H groups in total. The molecule has 0 aliphatic heterocycles. The fourth-order valence-electron chi connectivity index (χ4n) is 0.753. The highest BCUT2D eigenvalue weighted by molar-refractivity contribution is 5.54. The zero-order valence-electron chi connectivity index (χ0n) is 7.53. The molecule has 0 fully saturated rings. The molecule has 0 radical (unpaired) electrons. The summed E-state index contributed by atoms with van der Waals surface area (Å²) in [4.78, 5) is 9.67. The molecule has 3 nitrogen and oxygen atoms in total. The van der Waals surface area contributed by atoms with Gasteiger partial charge in [0.15, 0.2) is 0 Å². The maximum Gasteiger partial charge on any atom is 0.455 e. The summed E-state index contributed by atoms with van der Waals surface area (Å²) in [5.74, 6) is -5.97. The molecule has 0 bridgehead atoms. The summed E-state index contributed by atoms with van der Waals surface area (Å²) in [5, 5.41) is 9.67. The number of hydrogen-bond donors (Lipinski definition) is 0. The number of carbonyl (C=O) groups is 1. The Labute approximate surface area is 88.0 Å². The second kappa shape index (κ2) is 4.53. The van der Waals surface area contributed by atoms with Gasteiger partial charge in [-0.25, -0.2) is 0 Å². The lowest BCUT2D eigenvalue weighted by Crippen LogP contribution is -2.51. The smallest absolute Gasteiger partial charge is 0.455 e. The van der Waals surface area contributed by atoms with Crippen LogP contribution in [0.25, 0.3) is 0 Å². The minimum atomic E-state index is -6.38. The van der Waals surface area contributed by atoms with Crippen LogP contribution in [0.5, 0.6) is 0 Å². The molecular weight excluding hydrogens is 272 g/mol. The lowest BCUT2D eigenvalue weighted by atomic mass is 10.1. The molecule has 1 unspecified atom stereocenters. The van der Waals surface area contributed by atoms with Gasteiger partial charge in [-0.15, -0.1) is 0 Å². The van der Waals surface area contributed by atoms with Gasteiger partial charge >= 0.3 is 18.3 Å². The Bertz CT molecular complexity index is 280. The fraction of sp³-hybridized carbons (Fsp3) is 0.833. The highest BCUT2D eigenvalue weighted by Gasteiger charge is 2.64. The van der Waals surface area contributed by atoms with Crippen LogP contribution in [-0.4, -0.2) is 30.5 Å².